The SMILES string of the molecule is C[C@@H](NCc1cccc(OCc2ccccc2F)c1)c1ccccc1. The van der Waals surface area contributed by atoms with Crippen molar-refractivity contribution in [2.75, 3.05) is 0 Å². The molecular formula is C22H22FNO. The van der Waals surface area contributed by atoms with E-state index in [0.717, 1.165) is 17.9 Å². The molecule has 0 saturated heterocycles. The minimum absolute atomic E-state index is 0.226. The van der Waals surface area contributed by atoms with Crippen LogP contribution in [-0.2, 0) is 13.2 Å². The van der Waals surface area contributed by atoms with Crippen LogP contribution in [0.25, 0.3) is 0 Å². The Kier molecular flexibility index (Phi) is 5.81. The van der Waals surface area contributed by atoms with Gasteiger partial charge in [-0.25, -0.2) is 4.39 Å². The molecule has 0 fully saturated rings. The zero-order valence-electron chi connectivity index (χ0n) is 14.3. The van der Waals surface area contributed by atoms with Gasteiger partial charge in [-0.05, 0) is 36.2 Å². The molecule has 25 heavy (non-hydrogen) atoms. The van der Waals surface area contributed by atoms with Crippen LogP contribution in [0.5, 0.6) is 5.75 Å². The van der Waals surface area contributed by atoms with Gasteiger partial charge in [0.15, 0.2) is 0 Å². The Labute approximate surface area is 148 Å². The van der Waals surface area contributed by atoms with E-state index in [1.54, 1.807) is 12.1 Å². The molecule has 3 aromatic rings. The fraction of sp³-hybridized carbons (Fsp3) is 0.182. The van der Waals surface area contributed by atoms with Gasteiger partial charge < -0.3 is 10.1 Å². The number of benzene rings is 3. The highest BCUT2D eigenvalue weighted by Crippen LogP contribution is 2.18. The molecule has 0 amide bonds. The van der Waals surface area contributed by atoms with E-state index < -0.39 is 0 Å². The second-order valence-corrected chi connectivity index (χ2v) is 6.04. The molecule has 0 unspecified atom stereocenters. The highest BCUT2D eigenvalue weighted by molar-refractivity contribution is 5.29. The monoisotopic (exact) mass is 335 g/mol. The molecule has 3 rings (SSSR count). The summed E-state index contributed by atoms with van der Waals surface area (Å²) >= 11 is 0. The summed E-state index contributed by atoms with van der Waals surface area (Å²) in [7, 11) is 0. The normalized spacial score (nSPS) is 11.9. The predicted octanol–water partition coefficient (Wildman–Crippen LogP) is 5.26. The van der Waals surface area contributed by atoms with Crippen LogP contribution in [0.2, 0.25) is 0 Å². The minimum atomic E-state index is -0.239. The zero-order valence-corrected chi connectivity index (χ0v) is 14.3. The lowest BCUT2D eigenvalue weighted by molar-refractivity contribution is 0.299. The molecule has 0 aliphatic rings. The number of nitrogens with one attached hydrogen (secondary N) is 1. The molecule has 0 saturated carbocycles. The number of rotatable bonds is 7. The highest BCUT2D eigenvalue weighted by Gasteiger charge is 2.05. The summed E-state index contributed by atoms with van der Waals surface area (Å²) in [5.74, 6) is 0.506. The van der Waals surface area contributed by atoms with E-state index >= 15 is 0 Å². The van der Waals surface area contributed by atoms with Gasteiger partial charge in [0.05, 0.1) is 0 Å². The Morgan fingerprint density at radius 3 is 2.48 bits per heavy atom. The summed E-state index contributed by atoms with van der Waals surface area (Å²) in [5.41, 5.74) is 2.95. The van der Waals surface area contributed by atoms with Gasteiger partial charge in [0.25, 0.3) is 0 Å². The van der Waals surface area contributed by atoms with Crippen LogP contribution in [0.1, 0.15) is 29.7 Å². The summed E-state index contributed by atoms with van der Waals surface area (Å²) < 4.78 is 19.4. The Balaban J connectivity index is 1.57. The van der Waals surface area contributed by atoms with Crippen molar-refractivity contribution in [1.29, 1.82) is 0 Å². The Bertz CT molecular complexity index is 804. The average molecular weight is 335 g/mol. The lowest BCUT2D eigenvalue weighted by Gasteiger charge is -2.15. The first-order chi connectivity index (χ1) is 12.2. The van der Waals surface area contributed by atoms with Crippen molar-refractivity contribution >= 4 is 0 Å². The standard InChI is InChI=1S/C22H22FNO/c1-17(19-9-3-2-4-10-19)24-15-18-8-7-12-21(14-18)25-16-20-11-5-6-13-22(20)23/h2-14,17,24H,15-16H2,1H3/t17-/m1/s1. The third-order valence-corrected chi connectivity index (χ3v) is 4.16. The molecule has 0 aliphatic heterocycles. The lowest BCUT2D eigenvalue weighted by Crippen LogP contribution is -2.17. The molecule has 0 radical (unpaired) electrons. The molecule has 0 aromatic heterocycles. The summed E-state index contributed by atoms with van der Waals surface area (Å²) in [4.78, 5) is 0. The van der Waals surface area contributed by atoms with Crippen molar-refractivity contribution in [3.8, 4) is 5.75 Å². The quantitative estimate of drug-likeness (QED) is 0.636. The lowest BCUT2D eigenvalue weighted by atomic mass is 10.1. The van der Waals surface area contributed by atoms with Gasteiger partial charge in [-0.2, -0.15) is 0 Å². The highest BCUT2D eigenvalue weighted by atomic mass is 19.1. The van der Waals surface area contributed by atoms with Crippen LogP contribution in [0.15, 0.2) is 78.9 Å². The predicted molar refractivity (Wildman–Crippen MR) is 98.9 cm³/mol. The Morgan fingerprint density at radius 1 is 0.920 bits per heavy atom. The van der Waals surface area contributed by atoms with Gasteiger partial charge in [0, 0.05) is 18.2 Å². The van der Waals surface area contributed by atoms with E-state index in [-0.39, 0.29) is 18.5 Å². The molecular weight excluding hydrogens is 313 g/mol. The number of halogens is 1. The molecule has 0 bridgehead atoms. The first kappa shape index (κ1) is 17.2. The number of hydrogen-bond donors (Lipinski definition) is 1. The summed E-state index contributed by atoms with van der Waals surface area (Å²) in [6, 6.07) is 25.2. The van der Waals surface area contributed by atoms with Gasteiger partial charge in [-0.3, -0.25) is 0 Å². The van der Waals surface area contributed by atoms with Crippen LogP contribution >= 0.6 is 0 Å². The van der Waals surface area contributed by atoms with E-state index in [0.29, 0.717) is 5.56 Å². The van der Waals surface area contributed by atoms with Crippen molar-refractivity contribution in [1.82, 2.24) is 5.32 Å². The first-order valence-corrected chi connectivity index (χ1v) is 8.46. The molecule has 3 heteroatoms. The van der Waals surface area contributed by atoms with Gasteiger partial charge in [-0.15, -0.1) is 0 Å². The van der Waals surface area contributed by atoms with Crippen LogP contribution in [-0.4, -0.2) is 0 Å². The van der Waals surface area contributed by atoms with Gasteiger partial charge in [0.1, 0.15) is 18.2 Å². The Morgan fingerprint density at radius 2 is 1.68 bits per heavy atom. The Hall–Kier alpha value is -2.65. The summed E-state index contributed by atoms with van der Waals surface area (Å²) in [6.45, 7) is 3.12. The fourth-order valence-corrected chi connectivity index (χ4v) is 2.65. The number of hydrogen-bond acceptors (Lipinski definition) is 2. The van der Waals surface area contributed by atoms with Crippen LogP contribution in [0, 0.1) is 5.82 Å². The largest absolute Gasteiger partial charge is 0.489 e. The average Bonchev–Trinajstić information content (AvgIpc) is 2.66. The van der Waals surface area contributed by atoms with Crippen molar-refractivity contribution in [3.63, 3.8) is 0 Å². The van der Waals surface area contributed by atoms with E-state index in [1.807, 2.05) is 42.5 Å². The van der Waals surface area contributed by atoms with E-state index in [1.165, 1.54) is 11.6 Å². The first-order valence-electron chi connectivity index (χ1n) is 8.46. The van der Waals surface area contributed by atoms with Crippen LogP contribution in [0.3, 0.4) is 0 Å². The van der Waals surface area contributed by atoms with E-state index in [4.69, 9.17) is 4.74 Å². The van der Waals surface area contributed by atoms with Crippen molar-refractivity contribution < 1.29 is 9.13 Å². The molecule has 128 valence electrons. The topological polar surface area (TPSA) is 21.3 Å². The maximum absolute atomic E-state index is 13.7. The fourth-order valence-electron chi connectivity index (χ4n) is 2.65. The molecule has 0 heterocycles. The molecule has 3 aromatic carbocycles. The van der Waals surface area contributed by atoms with Gasteiger partial charge in [0.2, 0.25) is 0 Å². The minimum Gasteiger partial charge on any atom is -0.489 e. The van der Waals surface area contributed by atoms with Crippen LogP contribution in [0.4, 0.5) is 4.39 Å². The molecule has 0 spiro atoms. The molecule has 1 atom stereocenters. The van der Waals surface area contributed by atoms with Crippen molar-refractivity contribution in [3.05, 3.63) is 101 Å². The molecule has 2 nitrogen and oxygen atoms in total. The molecule has 1 N–H and O–H groups in total. The smallest absolute Gasteiger partial charge is 0.129 e. The maximum atomic E-state index is 13.7. The van der Waals surface area contributed by atoms with E-state index in [9.17, 15) is 4.39 Å². The van der Waals surface area contributed by atoms with Crippen molar-refractivity contribution in [2.45, 2.75) is 26.1 Å². The third kappa shape index (κ3) is 4.91. The molecule has 0 aliphatic carbocycles. The van der Waals surface area contributed by atoms with Crippen LogP contribution < -0.4 is 10.1 Å². The summed E-state index contributed by atoms with van der Waals surface area (Å²) in [5, 5.41) is 3.51. The third-order valence-electron chi connectivity index (χ3n) is 4.16. The second-order valence-electron chi connectivity index (χ2n) is 6.04. The second kappa shape index (κ2) is 8.45. The van der Waals surface area contributed by atoms with Gasteiger partial charge in [-0.1, -0.05) is 60.7 Å². The van der Waals surface area contributed by atoms with E-state index in [2.05, 4.69) is 30.4 Å². The summed E-state index contributed by atoms with van der Waals surface area (Å²) in [6.07, 6.45) is 0. The van der Waals surface area contributed by atoms with Gasteiger partial charge >= 0.3 is 0 Å². The maximum Gasteiger partial charge on any atom is 0.129 e. The van der Waals surface area contributed by atoms with Crippen molar-refractivity contribution in [2.24, 2.45) is 0 Å². The zero-order chi connectivity index (χ0) is 17.5. The number of ether oxygens (including phenoxy) is 1.